The third-order valence-electron chi connectivity index (χ3n) is 19.1. The van der Waals surface area contributed by atoms with E-state index in [0.717, 1.165) is 66.7 Å². The van der Waals surface area contributed by atoms with Crippen molar-refractivity contribution in [3.8, 4) is 72.7 Å². The summed E-state index contributed by atoms with van der Waals surface area (Å²) in [6.07, 6.45) is 0. The summed E-state index contributed by atoms with van der Waals surface area (Å²) in [6, 6.07) is 116. The van der Waals surface area contributed by atoms with Crippen molar-refractivity contribution in [3.05, 3.63) is 332 Å². The predicted molar refractivity (Wildman–Crippen MR) is 371 cm³/mol. The van der Waals surface area contributed by atoms with Gasteiger partial charge in [0.05, 0.1) is 33.1 Å². The first-order valence-electron chi connectivity index (χ1n) is 30.8. The molecule has 19 rings (SSSR count). The van der Waals surface area contributed by atoms with Crippen molar-refractivity contribution in [2.45, 2.75) is 5.92 Å². The maximum Gasteiger partial charge on any atom is 0.135 e. The first kappa shape index (κ1) is 49.5. The van der Waals surface area contributed by atoms with Gasteiger partial charge in [0.15, 0.2) is 0 Å². The van der Waals surface area contributed by atoms with Crippen molar-refractivity contribution in [1.29, 1.82) is 0 Å². The zero-order valence-corrected chi connectivity index (χ0v) is 48.3. The molecule has 0 saturated heterocycles. The smallest absolute Gasteiger partial charge is 0.135 e. The molecular weight excluding hydrogens is 1080 g/mol. The Morgan fingerprint density at radius 1 is 0.236 bits per heavy atom. The lowest BCUT2D eigenvalue weighted by molar-refractivity contribution is 0.669. The van der Waals surface area contributed by atoms with E-state index in [2.05, 4.69) is 329 Å². The molecule has 1 aliphatic rings. The summed E-state index contributed by atoms with van der Waals surface area (Å²) in [5.74, 6) is 0.0424. The minimum atomic E-state index is 0.0424. The number of nitrogens with zero attached hydrogens (tertiary/aromatic N) is 3. The molecule has 4 aromatic heterocycles. The van der Waals surface area contributed by atoms with E-state index in [0.29, 0.717) is 0 Å². The molecule has 4 nitrogen and oxygen atoms in total. The Bertz CT molecular complexity index is 5930. The van der Waals surface area contributed by atoms with Crippen LogP contribution in [0.5, 0.6) is 0 Å². The van der Waals surface area contributed by atoms with Crippen LogP contribution >= 0.6 is 0 Å². The molecule has 4 heterocycles. The summed E-state index contributed by atoms with van der Waals surface area (Å²) >= 11 is 0. The Morgan fingerprint density at radius 3 is 1.20 bits per heavy atom. The molecule has 1 unspecified atom stereocenters. The maximum absolute atomic E-state index is 6.59. The van der Waals surface area contributed by atoms with Crippen LogP contribution < -0.4 is 0 Å². The molecular formula is C85H53N3O. The topological polar surface area (TPSA) is 27.9 Å². The van der Waals surface area contributed by atoms with Crippen LogP contribution in [0.4, 0.5) is 0 Å². The molecule has 18 aromatic rings. The van der Waals surface area contributed by atoms with Crippen molar-refractivity contribution < 1.29 is 4.42 Å². The number of hydrogen-bond donors (Lipinski definition) is 0. The van der Waals surface area contributed by atoms with Crippen LogP contribution in [0.1, 0.15) is 22.6 Å². The summed E-state index contributed by atoms with van der Waals surface area (Å²) in [5.41, 5.74) is 28.3. The predicted octanol–water partition coefficient (Wildman–Crippen LogP) is 22.7. The molecule has 1 atom stereocenters. The van der Waals surface area contributed by atoms with E-state index in [1.54, 1.807) is 0 Å². The van der Waals surface area contributed by atoms with Gasteiger partial charge in [0.1, 0.15) is 11.2 Å². The highest BCUT2D eigenvalue weighted by atomic mass is 16.3. The normalized spacial score (nSPS) is 13.1. The van der Waals surface area contributed by atoms with E-state index in [4.69, 9.17) is 4.42 Å². The Balaban J connectivity index is 0.677. The second-order valence-electron chi connectivity index (χ2n) is 23.9. The molecule has 0 spiro atoms. The molecule has 1 aliphatic carbocycles. The lowest BCUT2D eigenvalue weighted by Crippen LogP contribution is -2.03. The number of rotatable bonds is 8. The van der Waals surface area contributed by atoms with E-state index in [9.17, 15) is 0 Å². The zero-order valence-electron chi connectivity index (χ0n) is 48.3. The van der Waals surface area contributed by atoms with E-state index in [1.807, 2.05) is 0 Å². The monoisotopic (exact) mass is 1130 g/mol. The Morgan fingerprint density at radius 2 is 0.640 bits per heavy atom. The van der Waals surface area contributed by atoms with Crippen LogP contribution in [0, 0.1) is 0 Å². The summed E-state index contributed by atoms with van der Waals surface area (Å²) in [5, 5.41) is 9.67. The Labute approximate surface area is 513 Å². The fourth-order valence-corrected chi connectivity index (χ4v) is 15.2. The van der Waals surface area contributed by atoms with Gasteiger partial charge in [0.2, 0.25) is 0 Å². The molecule has 0 aliphatic heterocycles. The summed E-state index contributed by atoms with van der Waals surface area (Å²) in [4.78, 5) is 0. The highest BCUT2D eigenvalue weighted by Crippen LogP contribution is 2.53. The molecule has 0 amide bonds. The van der Waals surface area contributed by atoms with Gasteiger partial charge in [0, 0.05) is 66.1 Å². The average molecular weight is 1130 g/mol. The van der Waals surface area contributed by atoms with Gasteiger partial charge in [-0.3, -0.25) is 0 Å². The molecule has 0 saturated carbocycles. The number of furan rings is 1. The molecule has 4 heteroatoms. The van der Waals surface area contributed by atoms with Gasteiger partial charge >= 0.3 is 0 Å². The third-order valence-corrected chi connectivity index (χ3v) is 19.1. The van der Waals surface area contributed by atoms with E-state index in [1.165, 1.54) is 110 Å². The van der Waals surface area contributed by atoms with E-state index >= 15 is 0 Å². The quantitative estimate of drug-likeness (QED) is 0.149. The van der Waals surface area contributed by atoms with E-state index < -0.39 is 0 Å². The lowest BCUT2D eigenvalue weighted by Gasteiger charge is -2.19. The van der Waals surface area contributed by atoms with Crippen LogP contribution in [-0.2, 0) is 0 Å². The third kappa shape index (κ3) is 7.54. The van der Waals surface area contributed by atoms with Crippen LogP contribution in [0.2, 0.25) is 0 Å². The molecule has 414 valence electrons. The fraction of sp³-hybridized carbons (Fsp3) is 0.0118. The summed E-state index contributed by atoms with van der Waals surface area (Å²) < 4.78 is 14.0. The molecule has 0 bridgehead atoms. The minimum absolute atomic E-state index is 0.0424. The maximum atomic E-state index is 6.59. The molecule has 14 aromatic carbocycles. The van der Waals surface area contributed by atoms with Gasteiger partial charge in [-0.1, -0.05) is 224 Å². The summed E-state index contributed by atoms with van der Waals surface area (Å²) in [7, 11) is 0. The molecule has 0 fully saturated rings. The van der Waals surface area contributed by atoms with Crippen molar-refractivity contribution in [1.82, 2.24) is 13.7 Å². The van der Waals surface area contributed by atoms with Crippen LogP contribution in [0.15, 0.2) is 320 Å². The number of aromatic nitrogens is 3. The first-order valence-corrected chi connectivity index (χ1v) is 30.8. The van der Waals surface area contributed by atoms with Crippen molar-refractivity contribution in [2.24, 2.45) is 0 Å². The second kappa shape index (κ2) is 19.4. The van der Waals surface area contributed by atoms with Gasteiger partial charge in [-0.15, -0.1) is 0 Å². The van der Waals surface area contributed by atoms with Crippen molar-refractivity contribution >= 4 is 87.4 Å². The van der Waals surface area contributed by atoms with Crippen molar-refractivity contribution in [3.63, 3.8) is 0 Å². The van der Waals surface area contributed by atoms with Gasteiger partial charge in [-0.25, -0.2) is 0 Å². The van der Waals surface area contributed by atoms with E-state index in [-0.39, 0.29) is 5.92 Å². The van der Waals surface area contributed by atoms with Gasteiger partial charge in [0.25, 0.3) is 0 Å². The zero-order chi connectivity index (χ0) is 58.3. The van der Waals surface area contributed by atoms with Crippen molar-refractivity contribution in [2.75, 3.05) is 0 Å². The second-order valence-corrected chi connectivity index (χ2v) is 23.9. The average Bonchev–Trinajstić information content (AvgIpc) is 1.58. The number of para-hydroxylation sites is 5. The molecule has 0 N–H and O–H groups in total. The highest BCUT2D eigenvalue weighted by Gasteiger charge is 2.34. The molecule has 0 radical (unpaired) electrons. The molecule has 89 heavy (non-hydrogen) atoms. The summed E-state index contributed by atoms with van der Waals surface area (Å²) in [6.45, 7) is 0. The van der Waals surface area contributed by atoms with Crippen LogP contribution in [0.3, 0.4) is 0 Å². The minimum Gasteiger partial charge on any atom is -0.456 e. The fourth-order valence-electron chi connectivity index (χ4n) is 15.2. The Kier molecular flexibility index (Phi) is 10.8. The number of benzene rings is 14. The van der Waals surface area contributed by atoms with Crippen LogP contribution in [-0.4, -0.2) is 13.7 Å². The Hall–Kier alpha value is -11.7. The number of fused-ring (bicyclic) bond motifs is 17. The van der Waals surface area contributed by atoms with Gasteiger partial charge < -0.3 is 18.1 Å². The standard InChI is InChI=1S/C85H53N3O/c1-3-26-62(27-4-1)86-76-36-12-9-32-66(76)71-42-41-70-65-31-7-8-35-69(65)81(82(70)83(71)86)61-25-17-23-57(49-61)53-19-15-21-55(47-53)59-39-45-79-74(51-59)75-52-60(40-46-80(75)89-79)56-22-16-20-54(48-56)58-24-18-30-64(50-58)88-78-38-14-11-34-68(78)73-44-43-72-67-33-10-13-37-77(67)87(84(72)85(73)88)63-28-5-2-6-29-63/h1-52,81H. The van der Waals surface area contributed by atoms with Crippen LogP contribution in [0.25, 0.3) is 160 Å². The SMILES string of the molecule is c1ccc(-n2c3ccccc3c3ccc4c(c32)C(c2cccc(-c3cccc(-c5ccc6oc7ccc(-c8cccc(-c9cccc(-n%10c%11ccccc%11c%11ccc%12c%13ccccc%13n(-c%13ccccc%13)c%12c%11%10)c9)c8)cc7c6c5)c3)c2)c2ccccc2-4)cc1. The first-order chi connectivity index (χ1) is 44.1. The largest absolute Gasteiger partial charge is 0.456 e. The lowest BCUT2D eigenvalue weighted by atomic mass is 9.86. The van der Waals surface area contributed by atoms with Gasteiger partial charge in [-0.05, 0) is 163 Å². The number of hydrogen-bond acceptors (Lipinski definition) is 1. The van der Waals surface area contributed by atoms with Gasteiger partial charge in [-0.2, -0.15) is 0 Å². The highest BCUT2D eigenvalue weighted by molar-refractivity contribution is 6.24.